The number of carbonyl (C=O) groups is 1. The minimum absolute atomic E-state index is 0.181. The van der Waals surface area contributed by atoms with Crippen LogP contribution in [0.3, 0.4) is 0 Å². The second kappa shape index (κ2) is 4.07. The van der Waals surface area contributed by atoms with E-state index in [1.165, 1.54) is 0 Å². The molecule has 1 aliphatic rings. The fraction of sp³-hybridized carbons (Fsp3) is 0.875. The Morgan fingerprint density at radius 2 is 2.36 bits per heavy atom. The first-order chi connectivity index (χ1) is 5.24. The molecule has 1 rings (SSSR count). The monoisotopic (exact) mass is 176 g/mol. The van der Waals surface area contributed by atoms with Gasteiger partial charge in [-0.2, -0.15) is 0 Å². The molecule has 0 aromatic rings. The Morgan fingerprint density at radius 1 is 1.64 bits per heavy atom. The van der Waals surface area contributed by atoms with E-state index in [-0.39, 0.29) is 11.2 Å². The van der Waals surface area contributed by atoms with E-state index >= 15 is 0 Å². The fourth-order valence-electron chi connectivity index (χ4n) is 1.44. The van der Waals surface area contributed by atoms with Gasteiger partial charge in [0.25, 0.3) is 0 Å². The smallest absolute Gasteiger partial charge is 0.151 e. The van der Waals surface area contributed by atoms with Gasteiger partial charge in [-0.05, 0) is 18.8 Å². The van der Waals surface area contributed by atoms with Gasteiger partial charge in [0.2, 0.25) is 0 Å². The molecule has 0 aromatic carbocycles. The Bertz CT molecular complexity index is 147. The highest BCUT2D eigenvalue weighted by Gasteiger charge is 2.26. The summed E-state index contributed by atoms with van der Waals surface area (Å²) in [5.74, 6) is 0.586. The van der Waals surface area contributed by atoms with Crippen LogP contribution in [0.4, 0.5) is 0 Å². The number of methoxy groups -OCH3 is 1. The number of rotatable bonds is 2. The van der Waals surface area contributed by atoms with Crippen molar-refractivity contribution >= 4 is 17.4 Å². The molecule has 0 heterocycles. The molecule has 0 bridgehead atoms. The molecule has 0 N–H and O–H groups in total. The number of hydrogen-bond donors (Lipinski definition) is 0. The maximum atomic E-state index is 11.1. The summed E-state index contributed by atoms with van der Waals surface area (Å²) in [6, 6.07) is 0. The summed E-state index contributed by atoms with van der Waals surface area (Å²) < 4.78 is 4.97. The Hall–Kier alpha value is -0.0800. The first-order valence-electron chi connectivity index (χ1n) is 3.89. The van der Waals surface area contributed by atoms with Crippen LogP contribution in [0.1, 0.15) is 19.3 Å². The van der Waals surface area contributed by atoms with Gasteiger partial charge >= 0.3 is 0 Å². The number of hydrogen-bond acceptors (Lipinski definition) is 2. The summed E-state index contributed by atoms with van der Waals surface area (Å²) >= 11 is 5.74. The van der Waals surface area contributed by atoms with Crippen molar-refractivity contribution in [2.75, 3.05) is 13.7 Å². The highest BCUT2D eigenvalue weighted by Crippen LogP contribution is 2.24. The standard InChI is InChI=1S/C8H13ClO2/c1-11-5-6-2-3-7(9)8(10)4-6/h6-7H,2-5H2,1H3. The van der Waals surface area contributed by atoms with E-state index in [2.05, 4.69) is 0 Å². The normalized spacial score (nSPS) is 32.4. The molecule has 64 valence electrons. The highest BCUT2D eigenvalue weighted by molar-refractivity contribution is 6.31. The number of carbonyl (C=O) groups excluding carboxylic acids is 1. The van der Waals surface area contributed by atoms with Gasteiger partial charge < -0.3 is 4.74 Å². The molecule has 1 fully saturated rings. The molecule has 0 amide bonds. The van der Waals surface area contributed by atoms with E-state index in [1.54, 1.807) is 7.11 Å². The Kier molecular flexibility index (Phi) is 3.34. The molecule has 2 nitrogen and oxygen atoms in total. The first-order valence-corrected chi connectivity index (χ1v) is 4.33. The number of Topliss-reactive ketones (excluding diaryl/α,β-unsaturated/α-hetero) is 1. The van der Waals surface area contributed by atoms with Gasteiger partial charge in [0.05, 0.1) is 5.38 Å². The van der Waals surface area contributed by atoms with E-state index in [4.69, 9.17) is 16.3 Å². The van der Waals surface area contributed by atoms with Gasteiger partial charge in [-0.15, -0.1) is 11.6 Å². The van der Waals surface area contributed by atoms with Crippen LogP contribution < -0.4 is 0 Å². The minimum Gasteiger partial charge on any atom is -0.384 e. The van der Waals surface area contributed by atoms with Crippen LogP contribution in [0.15, 0.2) is 0 Å². The lowest BCUT2D eigenvalue weighted by atomic mass is 9.89. The van der Waals surface area contributed by atoms with Gasteiger partial charge in [0.1, 0.15) is 0 Å². The second-order valence-electron chi connectivity index (χ2n) is 3.04. The fourth-order valence-corrected chi connectivity index (χ4v) is 1.65. The molecule has 0 radical (unpaired) electrons. The minimum atomic E-state index is -0.233. The predicted octanol–water partition coefficient (Wildman–Crippen LogP) is 1.61. The van der Waals surface area contributed by atoms with Crippen LogP contribution in [0.5, 0.6) is 0 Å². The molecular formula is C8H13ClO2. The molecule has 1 aliphatic carbocycles. The zero-order valence-electron chi connectivity index (χ0n) is 6.68. The topological polar surface area (TPSA) is 26.3 Å². The van der Waals surface area contributed by atoms with Gasteiger partial charge in [0.15, 0.2) is 5.78 Å². The van der Waals surface area contributed by atoms with Gasteiger partial charge in [-0.25, -0.2) is 0 Å². The maximum Gasteiger partial charge on any atom is 0.151 e. The van der Waals surface area contributed by atoms with Crippen LogP contribution in [-0.4, -0.2) is 24.9 Å². The summed E-state index contributed by atoms with van der Waals surface area (Å²) in [5.41, 5.74) is 0. The summed E-state index contributed by atoms with van der Waals surface area (Å²) in [6.07, 6.45) is 2.43. The van der Waals surface area contributed by atoms with Gasteiger partial charge in [-0.1, -0.05) is 0 Å². The van der Waals surface area contributed by atoms with E-state index < -0.39 is 0 Å². The molecule has 11 heavy (non-hydrogen) atoms. The van der Waals surface area contributed by atoms with Crippen molar-refractivity contribution in [1.29, 1.82) is 0 Å². The van der Waals surface area contributed by atoms with E-state index in [1.807, 2.05) is 0 Å². The molecule has 0 aliphatic heterocycles. The van der Waals surface area contributed by atoms with Crippen molar-refractivity contribution in [1.82, 2.24) is 0 Å². The number of halogens is 1. The molecule has 1 saturated carbocycles. The highest BCUT2D eigenvalue weighted by atomic mass is 35.5. The Balaban J connectivity index is 2.34. The van der Waals surface area contributed by atoms with Gasteiger partial charge in [0, 0.05) is 20.1 Å². The van der Waals surface area contributed by atoms with Crippen LogP contribution in [0.25, 0.3) is 0 Å². The van der Waals surface area contributed by atoms with Crippen LogP contribution in [0.2, 0.25) is 0 Å². The molecule has 0 spiro atoms. The summed E-state index contributed by atoms with van der Waals surface area (Å²) in [4.78, 5) is 11.1. The van der Waals surface area contributed by atoms with Crippen molar-refractivity contribution in [3.05, 3.63) is 0 Å². The van der Waals surface area contributed by atoms with Crippen LogP contribution >= 0.6 is 11.6 Å². The van der Waals surface area contributed by atoms with Gasteiger partial charge in [-0.3, -0.25) is 4.79 Å². The second-order valence-corrected chi connectivity index (χ2v) is 3.56. The number of alkyl halides is 1. The van der Waals surface area contributed by atoms with Crippen molar-refractivity contribution in [2.45, 2.75) is 24.6 Å². The Morgan fingerprint density at radius 3 is 2.91 bits per heavy atom. The zero-order chi connectivity index (χ0) is 8.27. The largest absolute Gasteiger partial charge is 0.384 e. The van der Waals surface area contributed by atoms with Crippen molar-refractivity contribution in [3.63, 3.8) is 0 Å². The lowest BCUT2D eigenvalue weighted by Crippen LogP contribution is -2.27. The third-order valence-corrected chi connectivity index (χ3v) is 2.53. The van der Waals surface area contributed by atoms with Crippen molar-refractivity contribution in [3.8, 4) is 0 Å². The molecule has 2 atom stereocenters. The lowest BCUT2D eigenvalue weighted by Gasteiger charge is -2.22. The third kappa shape index (κ3) is 2.46. The first kappa shape index (κ1) is 9.01. The van der Waals surface area contributed by atoms with E-state index in [0.717, 1.165) is 12.8 Å². The SMILES string of the molecule is COCC1CCC(Cl)C(=O)C1. The number of ether oxygens (including phenoxy) is 1. The van der Waals surface area contributed by atoms with Crippen LogP contribution in [0, 0.1) is 5.92 Å². The predicted molar refractivity (Wildman–Crippen MR) is 43.9 cm³/mol. The molecule has 2 unspecified atom stereocenters. The summed E-state index contributed by atoms with van der Waals surface area (Å²) in [6.45, 7) is 0.690. The van der Waals surface area contributed by atoms with Crippen LogP contribution in [-0.2, 0) is 9.53 Å². The lowest BCUT2D eigenvalue weighted by molar-refractivity contribution is -0.121. The van der Waals surface area contributed by atoms with Crippen molar-refractivity contribution < 1.29 is 9.53 Å². The van der Waals surface area contributed by atoms with E-state index in [9.17, 15) is 4.79 Å². The summed E-state index contributed by atoms with van der Waals surface area (Å²) in [5, 5.41) is -0.233. The number of ketones is 1. The van der Waals surface area contributed by atoms with Crippen molar-refractivity contribution in [2.24, 2.45) is 5.92 Å². The summed E-state index contributed by atoms with van der Waals surface area (Å²) in [7, 11) is 1.66. The Labute approximate surface area is 71.9 Å². The quantitative estimate of drug-likeness (QED) is 0.598. The zero-order valence-corrected chi connectivity index (χ0v) is 7.43. The average molecular weight is 177 g/mol. The van der Waals surface area contributed by atoms with E-state index in [0.29, 0.717) is 18.9 Å². The third-order valence-electron chi connectivity index (χ3n) is 2.07. The maximum absolute atomic E-state index is 11.1. The molecule has 3 heteroatoms. The molecule has 0 saturated heterocycles. The molecular weight excluding hydrogens is 164 g/mol. The molecule has 0 aromatic heterocycles. The average Bonchev–Trinajstić information content (AvgIpc) is 1.98.